The molecule has 2 unspecified atom stereocenters. The molecule has 1 aromatic carbocycles. The normalized spacial score (nSPS) is 27.4. The molecule has 0 spiro atoms. The summed E-state index contributed by atoms with van der Waals surface area (Å²) in [5.41, 5.74) is 11.7. The van der Waals surface area contributed by atoms with Crippen molar-refractivity contribution in [2.45, 2.75) is 18.2 Å². The summed E-state index contributed by atoms with van der Waals surface area (Å²) in [6.07, 6.45) is 2.82. The van der Waals surface area contributed by atoms with Crippen LogP contribution < -0.4 is 11.5 Å². The molecule has 2 rings (SSSR count). The fraction of sp³-hybridized carbons (Fsp3) is 0.273. The van der Waals surface area contributed by atoms with E-state index in [9.17, 15) is 0 Å². The molecule has 0 saturated heterocycles. The monoisotopic (exact) mass is 270 g/mol. The quantitative estimate of drug-likeness (QED) is 0.857. The molecule has 2 atom stereocenters. The lowest BCUT2D eigenvalue weighted by atomic mass is 9.97. The Hall–Kier alpha value is -0.940. The minimum Gasteiger partial charge on any atom is -0.307 e. The Bertz CT molecular complexity index is 466. The number of halogens is 2. The number of rotatable bonds is 2. The van der Waals surface area contributed by atoms with Gasteiger partial charge in [0.05, 0.1) is 0 Å². The predicted octanol–water partition coefficient (Wildman–Crippen LogP) is 1.63. The van der Waals surface area contributed by atoms with Gasteiger partial charge in [0, 0.05) is 28.9 Å². The summed E-state index contributed by atoms with van der Waals surface area (Å²) in [5.74, 6) is 0. The molecule has 0 fully saturated rings. The average molecular weight is 271 g/mol. The highest BCUT2D eigenvalue weighted by atomic mass is 35.5. The number of aliphatic imine (C=N–C) groups is 2. The summed E-state index contributed by atoms with van der Waals surface area (Å²) < 4.78 is 0. The van der Waals surface area contributed by atoms with Gasteiger partial charge in [0.1, 0.15) is 11.8 Å². The summed E-state index contributed by atoms with van der Waals surface area (Å²) in [6.45, 7) is 0. The van der Waals surface area contributed by atoms with E-state index >= 15 is 0 Å². The van der Waals surface area contributed by atoms with Gasteiger partial charge >= 0.3 is 0 Å². The smallest absolute Gasteiger partial charge is 0.147 e. The van der Waals surface area contributed by atoms with Gasteiger partial charge < -0.3 is 11.5 Å². The van der Waals surface area contributed by atoms with E-state index in [1.165, 1.54) is 12.4 Å². The van der Waals surface area contributed by atoms with E-state index in [1.807, 2.05) is 0 Å². The molecule has 6 heteroatoms. The van der Waals surface area contributed by atoms with Crippen LogP contribution in [0.4, 0.5) is 0 Å². The van der Waals surface area contributed by atoms with Crippen LogP contribution in [0.25, 0.3) is 0 Å². The molecule has 90 valence electrons. The fourth-order valence-corrected chi connectivity index (χ4v) is 2.17. The topological polar surface area (TPSA) is 76.8 Å². The number of benzene rings is 1. The first-order chi connectivity index (χ1) is 8.03. The molecule has 1 aliphatic heterocycles. The summed E-state index contributed by atoms with van der Waals surface area (Å²) in [6, 6.07) is 5.29. The van der Waals surface area contributed by atoms with Crippen molar-refractivity contribution in [3.63, 3.8) is 0 Å². The van der Waals surface area contributed by atoms with E-state index < -0.39 is 11.8 Å². The van der Waals surface area contributed by atoms with Crippen LogP contribution in [0.15, 0.2) is 28.2 Å². The van der Waals surface area contributed by atoms with Gasteiger partial charge in [-0.3, -0.25) is 9.98 Å². The maximum absolute atomic E-state index is 6.12. The number of hydrogen-bond acceptors (Lipinski definition) is 4. The third-order valence-electron chi connectivity index (χ3n) is 2.66. The van der Waals surface area contributed by atoms with Gasteiger partial charge in [-0.25, -0.2) is 0 Å². The molecule has 4 N–H and O–H groups in total. The van der Waals surface area contributed by atoms with Crippen molar-refractivity contribution in [2.75, 3.05) is 0 Å². The van der Waals surface area contributed by atoms with E-state index in [1.54, 1.807) is 18.2 Å². The minimum absolute atomic E-state index is 0.348. The third kappa shape index (κ3) is 2.50. The lowest BCUT2D eigenvalue weighted by Gasteiger charge is -2.31. The molecule has 0 bridgehead atoms. The second kappa shape index (κ2) is 4.74. The zero-order valence-electron chi connectivity index (χ0n) is 8.98. The van der Waals surface area contributed by atoms with Gasteiger partial charge in [-0.1, -0.05) is 29.3 Å². The van der Waals surface area contributed by atoms with E-state index in [-0.39, 0.29) is 0 Å². The zero-order chi connectivity index (χ0) is 12.5. The first-order valence-corrected chi connectivity index (χ1v) is 5.83. The van der Waals surface area contributed by atoms with Crippen LogP contribution in [0.2, 0.25) is 10.0 Å². The van der Waals surface area contributed by atoms with Crippen molar-refractivity contribution in [3.05, 3.63) is 33.8 Å². The van der Waals surface area contributed by atoms with Gasteiger partial charge in [-0.05, 0) is 17.7 Å². The Morgan fingerprint density at radius 1 is 1.24 bits per heavy atom. The first kappa shape index (κ1) is 12.5. The van der Waals surface area contributed by atoms with Gasteiger partial charge in [0.2, 0.25) is 0 Å². The molecule has 17 heavy (non-hydrogen) atoms. The summed E-state index contributed by atoms with van der Waals surface area (Å²) >= 11 is 12.2. The Morgan fingerprint density at radius 3 is 2.47 bits per heavy atom. The van der Waals surface area contributed by atoms with Crippen LogP contribution in [0.5, 0.6) is 0 Å². The maximum Gasteiger partial charge on any atom is 0.147 e. The third-order valence-corrected chi connectivity index (χ3v) is 3.37. The Kier molecular flexibility index (Phi) is 3.49. The fourth-order valence-electron chi connectivity index (χ4n) is 1.64. The molecule has 0 amide bonds. The second-order valence-electron chi connectivity index (χ2n) is 3.89. The average Bonchev–Trinajstić information content (AvgIpc) is 2.28. The standard InChI is InChI=1S/C11H12Cl2N4/c12-8-2-1-3-9(13)7(8)6-11(15)10(14)16-4-5-17-11/h1-5,10H,6,14-15H2. The largest absolute Gasteiger partial charge is 0.307 e. The molecule has 4 nitrogen and oxygen atoms in total. The Labute approximate surface area is 109 Å². The second-order valence-corrected chi connectivity index (χ2v) is 4.70. The SMILES string of the molecule is NC1N=CC=NC1(N)Cc1c(Cl)cccc1Cl. The summed E-state index contributed by atoms with van der Waals surface area (Å²) in [5, 5.41) is 1.11. The van der Waals surface area contributed by atoms with Crippen molar-refractivity contribution in [1.29, 1.82) is 0 Å². The highest BCUT2D eigenvalue weighted by molar-refractivity contribution is 6.36. The number of hydrogen-bond donors (Lipinski definition) is 2. The molecule has 0 radical (unpaired) electrons. The van der Waals surface area contributed by atoms with E-state index in [2.05, 4.69) is 9.98 Å². The van der Waals surface area contributed by atoms with Crippen LogP contribution in [0.3, 0.4) is 0 Å². The van der Waals surface area contributed by atoms with E-state index in [4.69, 9.17) is 34.7 Å². The molecule has 1 aromatic rings. The van der Waals surface area contributed by atoms with E-state index in [0.717, 1.165) is 5.56 Å². The van der Waals surface area contributed by atoms with Gasteiger partial charge in [-0.2, -0.15) is 0 Å². The van der Waals surface area contributed by atoms with Crippen molar-refractivity contribution < 1.29 is 0 Å². The molecule has 1 aliphatic rings. The van der Waals surface area contributed by atoms with Crippen LogP contribution in [0.1, 0.15) is 5.56 Å². The number of nitrogens with two attached hydrogens (primary N) is 2. The van der Waals surface area contributed by atoms with Gasteiger partial charge in [0.15, 0.2) is 0 Å². The van der Waals surface area contributed by atoms with E-state index in [0.29, 0.717) is 16.5 Å². The Balaban J connectivity index is 2.32. The molecular weight excluding hydrogens is 259 g/mol. The lowest BCUT2D eigenvalue weighted by Crippen LogP contribution is -2.56. The predicted molar refractivity (Wildman–Crippen MR) is 72.0 cm³/mol. The van der Waals surface area contributed by atoms with Crippen molar-refractivity contribution >= 4 is 35.6 Å². The highest BCUT2D eigenvalue weighted by Gasteiger charge is 2.34. The first-order valence-electron chi connectivity index (χ1n) is 5.07. The van der Waals surface area contributed by atoms with Crippen molar-refractivity contribution in [1.82, 2.24) is 0 Å². The molecular formula is C11H12Cl2N4. The van der Waals surface area contributed by atoms with Gasteiger partial charge in [-0.15, -0.1) is 0 Å². The molecule has 1 heterocycles. The van der Waals surface area contributed by atoms with Crippen LogP contribution in [0, 0.1) is 0 Å². The minimum atomic E-state index is -0.997. The maximum atomic E-state index is 6.12. The molecule has 0 aliphatic carbocycles. The van der Waals surface area contributed by atoms with Crippen LogP contribution >= 0.6 is 23.2 Å². The Morgan fingerprint density at radius 2 is 1.88 bits per heavy atom. The summed E-state index contributed by atoms with van der Waals surface area (Å²) in [7, 11) is 0. The van der Waals surface area contributed by atoms with Gasteiger partial charge in [0.25, 0.3) is 0 Å². The van der Waals surface area contributed by atoms with Crippen LogP contribution in [-0.2, 0) is 6.42 Å². The lowest BCUT2D eigenvalue weighted by molar-refractivity contribution is 0.363. The van der Waals surface area contributed by atoms with Crippen molar-refractivity contribution in [3.8, 4) is 0 Å². The zero-order valence-corrected chi connectivity index (χ0v) is 10.5. The summed E-state index contributed by atoms with van der Waals surface area (Å²) in [4.78, 5) is 8.21. The molecule has 0 saturated carbocycles. The highest BCUT2D eigenvalue weighted by Crippen LogP contribution is 2.29. The van der Waals surface area contributed by atoms with Crippen molar-refractivity contribution in [2.24, 2.45) is 21.5 Å². The number of nitrogens with zero attached hydrogens (tertiary/aromatic N) is 2. The molecule has 0 aromatic heterocycles. The van der Waals surface area contributed by atoms with Crippen LogP contribution in [-0.4, -0.2) is 24.3 Å².